The summed E-state index contributed by atoms with van der Waals surface area (Å²) in [5, 5.41) is 28.2. The topological polar surface area (TPSA) is 150 Å². The molecule has 4 rings (SSSR count). The Bertz CT molecular complexity index is 864. The number of aliphatic carboxylic acids is 1. The molecule has 254 valence electrons. The number of esters is 1. The summed E-state index contributed by atoms with van der Waals surface area (Å²) >= 11 is 0. The highest BCUT2D eigenvalue weighted by Crippen LogP contribution is 2.34. The molecule has 5 unspecified atom stereocenters. The Morgan fingerprint density at radius 2 is 1.25 bits per heavy atom. The monoisotopic (exact) mass is 628 g/mol. The Hall–Kier alpha value is -1.34. The molecule has 11 heteroatoms. The first-order chi connectivity index (χ1) is 21.1. The number of carboxylic acids is 1. The van der Waals surface area contributed by atoms with E-state index in [1.807, 2.05) is 0 Å². The fourth-order valence-electron chi connectivity index (χ4n) is 7.34. The van der Waals surface area contributed by atoms with Gasteiger partial charge in [-0.1, -0.05) is 26.7 Å². The molecule has 4 fully saturated rings. The first-order valence-corrected chi connectivity index (χ1v) is 17.0. The zero-order valence-electron chi connectivity index (χ0n) is 26.7. The van der Waals surface area contributed by atoms with Crippen molar-refractivity contribution >= 4 is 11.9 Å². The number of aliphatic hydroxyl groups is 1. The van der Waals surface area contributed by atoms with Gasteiger partial charge >= 0.3 is 11.9 Å². The van der Waals surface area contributed by atoms with Gasteiger partial charge in [0.25, 0.3) is 0 Å². The quantitative estimate of drug-likeness (QED) is 0.123. The van der Waals surface area contributed by atoms with Crippen LogP contribution in [-0.4, -0.2) is 84.4 Å². The number of carboxylic acid groups (broad SMARTS) is 1. The Kier molecular flexibility index (Phi) is 14.2. The second-order valence-electron chi connectivity index (χ2n) is 14.5. The van der Waals surface area contributed by atoms with Crippen molar-refractivity contribution in [3.63, 3.8) is 0 Å². The van der Waals surface area contributed by atoms with Gasteiger partial charge in [0, 0.05) is 5.41 Å². The molecule has 0 aromatic carbocycles. The van der Waals surface area contributed by atoms with E-state index in [4.69, 9.17) is 29.2 Å². The van der Waals surface area contributed by atoms with Crippen LogP contribution in [0.2, 0.25) is 0 Å². The normalized spacial score (nSPS) is 35.2. The van der Waals surface area contributed by atoms with E-state index in [0.717, 1.165) is 51.4 Å². The van der Waals surface area contributed by atoms with Gasteiger partial charge in [0.15, 0.2) is 0 Å². The summed E-state index contributed by atoms with van der Waals surface area (Å²) in [6, 6.07) is 0. The predicted octanol–water partition coefficient (Wildman–Crippen LogP) is 5.32. The molecule has 3 N–H and O–H groups in total. The van der Waals surface area contributed by atoms with Gasteiger partial charge in [-0.15, -0.1) is 0 Å². The van der Waals surface area contributed by atoms with Crippen molar-refractivity contribution in [1.82, 2.24) is 0 Å². The SMILES string of the molecule is CC(C)(COC1CCC(OOCC2CCCCC2COO)CC1)COC1CCC(OC(=O)C2CCC(O)CC2C(=O)O)CC1. The van der Waals surface area contributed by atoms with Crippen LogP contribution in [0.15, 0.2) is 0 Å². The predicted molar refractivity (Wildman–Crippen MR) is 159 cm³/mol. The molecule has 0 saturated heterocycles. The molecule has 4 saturated carbocycles. The minimum atomic E-state index is -1.05. The lowest BCUT2D eigenvalue weighted by Gasteiger charge is -2.35. The van der Waals surface area contributed by atoms with Crippen molar-refractivity contribution in [2.45, 2.75) is 141 Å². The van der Waals surface area contributed by atoms with Crippen molar-refractivity contribution in [1.29, 1.82) is 0 Å². The van der Waals surface area contributed by atoms with Crippen molar-refractivity contribution in [3.05, 3.63) is 0 Å². The van der Waals surface area contributed by atoms with Crippen LogP contribution in [0.25, 0.3) is 0 Å². The van der Waals surface area contributed by atoms with Gasteiger partial charge in [-0.2, -0.15) is 0 Å². The number of hydrogen-bond donors (Lipinski definition) is 3. The second kappa shape index (κ2) is 17.5. The summed E-state index contributed by atoms with van der Waals surface area (Å²) < 4.78 is 18.3. The molecule has 0 aliphatic heterocycles. The van der Waals surface area contributed by atoms with Crippen LogP contribution in [0.5, 0.6) is 0 Å². The van der Waals surface area contributed by atoms with Crippen LogP contribution < -0.4 is 0 Å². The van der Waals surface area contributed by atoms with Crippen molar-refractivity contribution < 1.29 is 53.9 Å². The van der Waals surface area contributed by atoms with E-state index in [0.29, 0.717) is 63.9 Å². The maximum Gasteiger partial charge on any atom is 0.310 e. The summed E-state index contributed by atoms with van der Waals surface area (Å²) in [5.74, 6) is -2.36. The van der Waals surface area contributed by atoms with E-state index in [-0.39, 0.29) is 36.3 Å². The van der Waals surface area contributed by atoms with Gasteiger partial charge in [-0.25, -0.2) is 14.7 Å². The van der Waals surface area contributed by atoms with Crippen LogP contribution in [0, 0.1) is 29.1 Å². The first-order valence-electron chi connectivity index (χ1n) is 17.0. The van der Waals surface area contributed by atoms with Gasteiger partial charge in [-0.3, -0.25) is 14.8 Å². The molecule has 0 aromatic heterocycles. The summed E-state index contributed by atoms with van der Waals surface area (Å²) in [6.07, 6.45) is 11.6. The highest BCUT2D eigenvalue weighted by atomic mass is 17.2. The van der Waals surface area contributed by atoms with E-state index < -0.39 is 29.9 Å². The minimum absolute atomic E-state index is 0.0888. The van der Waals surface area contributed by atoms with Gasteiger partial charge in [0.1, 0.15) is 6.10 Å². The molecule has 11 nitrogen and oxygen atoms in total. The Morgan fingerprint density at radius 1 is 0.705 bits per heavy atom. The van der Waals surface area contributed by atoms with E-state index in [1.165, 1.54) is 12.8 Å². The Balaban J connectivity index is 1.06. The third kappa shape index (κ3) is 11.2. The van der Waals surface area contributed by atoms with Crippen LogP contribution in [-0.2, 0) is 38.5 Å². The molecule has 4 aliphatic rings. The van der Waals surface area contributed by atoms with E-state index in [2.05, 4.69) is 18.7 Å². The number of hydrogen-bond acceptors (Lipinski definition) is 10. The zero-order chi connectivity index (χ0) is 31.5. The number of carbonyl (C=O) groups is 2. The maximum atomic E-state index is 12.7. The van der Waals surface area contributed by atoms with E-state index in [9.17, 15) is 19.8 Å². The molecule has 0 bridgehead atoms. The molecule has 0 aromatic rings. The number of rotatable bonds is 15. The number of carbonyl (C=O) groups excluding carboxylic acids is 1. The summed E-state index contributed by atoms with van der Waals surface area (Å²) in [4.78, 5) is 40.1. The van der Waals surface area contributed by atoms with Gasteiger partial charge in [0.05, 0.1) is 62.7 Å². The fraction of sp³-hybridized carbons (Fsp3) is 0.939. The lowest BCUT2D eigenvalue weighted by atomic mass is 9.78. The zero-order valence-corrected chi connectivity index (χ0v) is 26.7. The smallest absolute Gasteiger partial charge is 0.310 e. The van der Waals surface area contributed by atoms with Crippen LogP contribution in [0.3, 0.4) is 0 Å². The van der Waals surface area contributed by atoms with Crippen LogP contribution in [0.4, 0.5) is 0 Å². The first kappa shape index (κ1) is 35.5. The molecule has 5 atom stereocenters. The lowest BCUT2D eigenvalue weighted by molar-refractivity contribution is -0.340. The second-order valence-corrected chi connectivity index (χ2v) is 14.5. The minimum Gasteiger partial charge on any atom is -0.481 e. The molecular formula is C33H56O11. The standard InChI is InChI=1S/C33H56O11/c1-33(2,21-40-26-10-14-28(15-11-26)44-42-19-23-6-4-3-5-22(23)18-41-38)20-39-25-8-12-27(13-9-25)43-32(37)29-16-7-24(34)17-30(29)31(35)36/h22-30,34,38H,3-21H2,1-2H3,(H,35,36). The van der Waals surface area contributed by atoms with E-state index in [1.54, 1.807) is 0 Å². The summed E-state index contributed by atoms with van der Waals surface area (Å²) in [6.45, 7) is 6.42. The lowest BCUT2D eigenvalue weighted by Crippen LogP contribution is -2.40. The summed E-state index contributed by atoms with van der Waals surface area (Å²) in [7, 11) is 0. The highest BCUT2D eigenvalue weighted by molar-refractivity contribution is 5.81. The highest BCUT2D eigenvalue weighted by Gasteiger charge is 2.41. The number of ether oxygens (including phenoxy) is 3. The van der Waals surface area contributed by atoms with Crippen LogP contribution >= 0.6 is 0 Å². The molecule has 0 spiro atoms. The molecule has 44 heavy (non-hydrogen) atoms. The summed E-state index contributed by atoms with van der Waals surface area (Å²) in [5.41, 5.74) is -0.133. The third-order valence-corrected chi connectivity index (χ3v) is 10.2. The van der Waals surface area contributed by atoms with Crippen molar-refractivity contribution in [2.75, 3.05) is 26.4 Å². The van der Waals surface area contributed by atoms with Crippen molar-refractivity contribution in [2.24, 2.45) is 29.1 Å². The molecule has 0 radical (unpaired) electrons. The Morgan fingerprint density at radius 3 is 1.82 bits per heavy atom. The molecular weight excluding hydrogens is 572 g/mol. The van der Waals surface area contributed by atoms with Gasteiger partial charge < -0.3 is 24.4 Å². The molecule has 4 aliphatic carbocycles. The van der Waals surface area contributed by atoms with Gasteiger partial charge in [0.2, 0.25) is 0 Å². The average Bonchev–Trinajstić information content (AvgIpc) is 3.01. The van der Waals surface area contributed by atoms with Crippen LogP contribution in [0.1, 0.15) is 110 Å². The Labute approximate surface area is 262 Å². The molecule has 0 amide bonds. The maximum absolute atomic E-state index is 12.7. The van der Waals surface area contributed by atoms with Gasteiger partial charge in [-0.05, 0) is 95.3 Å². The molecule has 0 heterocycles. The van der Waals surface area contributed by atoms with Crippen molar-refractivity contribution in [3.8, 4) is 0 Å². The largest absolute Gasteiger partial charge is 0.481 e. The fourth-order valence-corrected chi connectivity index (χ4v) is 7.34. The third-order valence-electron chi connectivity index (χ3n) is 10.2. The average molecular weight is 629 g/mol. The van der Waals surface area contributed by atoms with E-state index >= 15 is 0 Å². The number of aliphatic hydroxyl groups excluding tert-OH is 1.